The van der Waals surface area contributed by atoms with Gasteiger partial charge >= 0.3 is 6.36 Å². The summed E-state index contributed by atoms with van der Waals surface area (Å²) in [6.45, 7) is 1.77. The highest BCUT2D eigenvalue weighted by Gasteiger charge is 2.33. The van der Waals surface area contributed by atoms with E-state index in [9.17, 15) is 13.2 Å². The molecule has 0 aliphatic rings. The average molecular weight is 286 g/mol. The van der Waals surface area contributed by atoms with Gasteiger partial charge in [-0.2, -0.15) is 0 Å². The van der Waals surface area contributed by atoms with Crippen molar-refractivity contribution in [1.29, 1.82) is 0 Å². The van der Waals surface area contributed by atoms with Crippen molar-refractivity contribution in [3.05, 3.63) is 53.5 Å². The summed E-state index contributed by atoms with van der Waals surface area (Å²) in [6, 6.07) is 6.74. The minimum absolute atomic E-state index is 0.241. The summed E-state index contributed by atoms with van der Waals surface area (Å²) in [4.78, 5) is 0. The number of ether oxygens (including phenoxy) is 1. The van der Waals surface area contributed by atoms with Gasteiger partial charge in [-0.05, 0) is 24.6 Å². The molecule has 20 heavy (non-hydrogen) atoms. The summed E-state index contributed by atoms with van der Waals surface area (Å²) in [5.74, 6) is 5.57. The molecule has 0 fully saturated rings. The number of para-hydroxylation sites is 1. The summed E-state index contributed by atoms with van der Waals surface area (Å²) < 4.78 is 46.5. The molecule has 1 heterocycles. The predicted molar refractivity (Wildman–Crippen MR) is 65.7 cm³/mol. The average Bonchev–Trinajstić information content (AvgIpc) is 2.77. The molecule has 1 aromatic heterocycles. The maximum absolute atomic E-state index is 12.4. The normalized spacial score (nSPS) is 13.2. The van der Waals surface area contributed by atoms with Crippen LogP contribution < -0.4 is 16.0 Å². The maximum Gasteiger partial charge on any atom is 0.573 e. The van der Waals surface area contributed by atoms with Gasteiger partial charge in [0.2, 0.25) is 0 Å². The number of benzene rings is 1. The number of nitrogens with one attached hydrogen (secondary N) is 1. The van der Waals surface area contributed by atoms with Crippen LogP contribution in [0.25, 0.3) is 0 Å². The minimum atomic E-state index is -4.77. The number of halogens is 3. The highest BCUT2D eigenvalue weighted by Crippen LogP contribution is 2.34. The molecule has 0 spiro atoms. The lowest BCUT2D eigenvalue weighted by atomic mass is 10.0. The molecular formula is C13H13F3N2O2. The van der Waals surface area contributed by atoms with E-state index < -0.39 is 12.4 Å². The van der Waals surface area contributed by atoms with Crippen LogP contribution in [0, 0.1) is 6.92 Å². The molecule has 108 valence electrons. The molecule has 0 saturated heterocycles. The van der Waals surface area contributed by atoms with Gasteiger partial charge in [0, 0.05) is 5.56 Å². The molecule has 1 atom stereocenters. The fourth-order valence-corrected chi connectivity index (χ4v) is 1.92. The molecule has 7 heteroatoms. The molecule has 0 bridgehead atoms. The number of alkyl halides is 3. The van der Waals surface area contributed by atoms with E-state index in [4.69, 9.17) is 10.3 Å². The molecule has 0 saturated carbocycles. The Hall–Kier alpha value is -1.99. The number of aryl methyl sites for hydroxylation is 1. The topological polar surface area (TPSA) is 60.4 Å². The summed E-state index contributed by atoms with van der Waals surface area (Å²) in [5, 5.41) is 0. The Kier molecular flexibility index (Phi) is 4.01. The number of hydrogen-bond donors (Lipinski definition) is 2. The van der Waals surface area contributed by atoms with E-state index in [0.717, 1.165) is 5.56 Å². The van der Waals surface area contributed by atoms with E-state index in [2.05, 4.69) is 10.2 Å². The molecule has 4 nitrogen and oxygen atoms in total. The molecule has 0 amide bonds. The van der Waals surface area contributed by atoms with Gasteiger partial charge in [0.1, 0.15) is 17.6 Å². The van der Waals surface area contributed by atoms with Crippen LogP contribution in [0.5, 0.6) is 5.75 Å². The molecular weight excluding hydrogens is 273 g/mol. The van der Waals surface area contributed by atoms with E-state index in [1.165, 1.54) is 24.5 Å². The molecule has 2 aromatic rings. The van der Waals surface area contributed by atoms with Gasteiger partial charge in [-0.1, -0.05) is 18.2 Å². The first-order chi connectivity index (χ1) is 9.42. The van der Waals surface area contributed by atoms with Crippen molar-refractivity contribution in [3.63, 3.8) is 0 Å². The van der Waals surface area contributed by atoms with Crippen LogP contribution in [0.3, 0.4) is 0 Å². The number of hydrazine groups is 1. The summed E-state index contributed by atoms with van der Waals surface area (Å²) in [7, 11) is 0. The van der Waals surface area contributed by atoms with E-state index >= 15 is 0 Å². The summed E-state index contributed by atoms with van der Waals surface area (Å²) >= 11 is 0. The van der Waals surface area contributed by atoms with Gasteiger partial charge in [0.15, 0.2) is 0 Å². The van der Waals surface area contributed by atoms with Crippen LogP contribution in [-0.4, -0.2) is 6.36 Å². The minimum Gasteiger partial charge on any atom is -0.467 e. The van der Waals surface area contributed by atoms with Gasteiger partial charge in [0.05, 0.1) is 6.26 Å². The maximum atomic E-state index is 12.4. The third-order valence-corrected chi connectivity index (χ3v) is 2.79. The van der Waals surface area contributed by atoms with Crippen LogP contribution in [0.2, 0.25) is 0 Å². The molecule has 0 aliphatic carbocycles. The van der Waals surface area contributed by atoms with Gasteiger partial charge < -0.3 is 9.15 Å². The summed E-state index contributed by atoms with van der Waals surface area (Å²) in [6.07, 6.45) is -3.32. The lowest BCUT2D eigenvalue weighted by molar-refractivity contribution is -0.275. The zero-order valence-corrected chi connectivity index (χ0v) is 10.6. The number of hydrogen-bond acceptors (Lipinski definition) is 4. The van der Waals surface area contributed by atoms with Crippen molar-refractivity contribution in [1.82, 2.24) is 5.43 Å². The Morgan fingerprint density at radius 1 is 1.25 bits per heavy atom. The van der Waals surface area contributed by atoms with Gasteiger partial charge in [-0.25, -0.2) is 5.43 Å². The second-order valence-electron chi connectivity index (χ2n) is 4.15. The van der Waals surface area contributed by atoms with Crippen molar-refractivity contribution in [2.24, 2.45) is 5.84 Å². The van der Waals surface area contributed by atoms with Crippen LogP contribution >= 0.6 is 0 Å². The molecule has 0 radical (unpaired) electrons. The number of nitrogens with two attached hydrogens (primary N) is 1. The Labute approximate surface area is 113 Å². The largest absolute Gasteiger partial charge is 0.573 e. The summed E-state index contributed by atoms with van der Waals surface area (Å²) in [5.41, 5.74) is 3.46. The van der Waals surface area contributed by atoms with Gasteiger partial charge in [0.25, 0.3) is 0 Å². The Morgan fingerprint density at radius 3 is 2.50 bits per heavy atom. The third kappa shape index (κ3) is 3.12. The number of rotatable bonds is 4. The zero-order chi connectivity index (χ0) is 14.8. The highest BCUT2D eigenvalue weighted by molar-refractivity contribution is 5.41. The molecule has 3 N–H and O–H groups in total. The lowest BCUT2D eigenvalue weighted by Gasteiger charge is -2.19. The smallest absolute Gasteiger partial charge is 0.467 e. The lowest BCUT2D eigenvalue weighted by Crippen LogP contribution is -2.30. The second-order valence-corrected chi connectivity index (χ2v) is 4.15. The first-order valence-corrected chi connectivity index (χ1v) is 5.77. The highest BCUT2D eigenvalue weighted by atomic mass is 19.4. The van der Waals surface area contributed by atoms with Crippen molar-refractivity contribution < 1.29 is 22.3 Å². The van der Waals surface area contributed by atoms with Gasteiger partial charge in [-0.3, -0.25) is 5.84 Å². The SMILES string of the molecule is Cc1ccoc1C(NN)c1ccccc1OC(F)(F)F. The number of furan rings is 1. The monoisotopic (exact) mass is 286 g/mol. The first kappa shape index (κ1) is 14.4. The van der Waals surface area contributed by atoms with Crippen molar-refractivity contribution >= 4 is 0 Å². The first-order valence-electron chi connectivity index (χ1n) is 5.77. The van der Waals surface area contributed by atoms with Crippen molar-refractivity contribution in [2.45, 2.75) is 19.3 Å². The van der Waals surface area contributed by atoms with Gasteiger partial charge in [-0.15, -0.1) is 13.2 Å². The van der Waals surface area contributed by atoms with Crippen LogP contribution in [0.1, 0.15) is 22.9 Å². The van der Waals surface area contributed by atoms with Crippen molar-refractivity contribution in [3.8, 4) is 5.75 Å². The van der Waals surface area contributed by atoms with Crippen LogP contribution in [0.15, 0.2) is 41.0 Å². The van der Waals surface area contributed by atoms with E-state index in [0.29, 0.717) is 5.76 Å². The predicted octanol–water partition coefficient (Wildman–Crippen LogP) is 3.04. The van der Waals surface area contributed by atoms with Crippen molar-refractivity contribution in [2.75, 3.05) is 0 Å². The fourth-order valence-electron chi connectivity index (χ4n) is 1.92. The standard InChI is InChI=1S/C13H13F3N2O2/c1-8-6-7-19-12(8)11(18-17)9-4-2-3-5-10(9)20-13(14,15)16/h2-7,11,18H,17H2,1H3. The van der Waals surface area contributed by atoms with Crippen LogP contribution in [-0.2, 0) is 0 Å². The fraction of sp³-hybridized carbons (Fsp3) is 0.231. The zero-order valence-electron chi connectivity index (χ0n) is 10.6. The quantitative estimate of drug-likeness (QED) is 0.670. The molecule has 1 aromatic carbocycles. The molecule has 1 unspecified atom stereocenters. The third-order valence-electron chi connectivity index (χ3n) is 2.79. The van der Waals surface area contributed by atoms with E-state index in [1.54, 1.807) is 19.1 Å². The molecule has 0 aliphatic heterocycles. The Bertz CT molecular complexity index is 581. The van der Waals surface area contributed by atoms with E-state index in [-0.39, 0.29) is 11.3 Å². The Morgan fingerprint density at radius 2 is 1.95 bits per heavy atom. The Balaban J connectivity index is 2.43. The van der Waals surface area contributed by atoms with Crippen LogP contribution in [0.4, 0.5) is 13.2 Å². The molecule has 2 rings (SSSR count). The second kappa shape index (κ2) is 5.56. The van der Waals surface area contributed by atoms with E-state index in [1.807, 2.05) is 0 Å².